The van der Waals surface area contributed by atoms with Crippen LogP contribution >= 0.6 is 0 Å². The molecule has 0 aliphatic heterocycles. The van der Waals surface area contributed by atoms with Crippen molar-refractivity contribution >= 4 is 16.6 Å². The summed E-state index contributed by atoms with van der Waals surface area (Å²) in [7, 11) is 1.75. The van der Waals surface area contributed by atoms with Crippen LogP contribution in [0.1, 0.15) is 5.56 Å². The molecule has 0 aliphatic rings. The summed E-state index contributed by atoms with van der Waals surface area (Å²) in [4.78, 5) is 11.4. The number of anilines is 1. The number of hydrogen-bond donors (Lipinski definition) is 1. The van der Waals surface area contributed by atoms with E-state index in [9.17, 15) is 4.79 Å². The van der Waals surface area contributed by atoms with Gasteiger partial charge < -0.3 is 15.8 Å². The topological polar surface area (TPSA) is 79.5 Å². The molecule has 2 rings (SSSR count). The first-order valence-electron chi connectivity index (χ1n) is 4.46. The molecular formula is C11H14N2O2. The highest BCUT2D eigenvalue weighted by atomic mass is 16.1. The van der Waals surface area contributed by atoms with Crippen LogP contribution in [0.25, 0.3) is 10.9 Å². The van der Waals surface area contributed by atoms with Crippen LogP contribution in [0.3, 0.4) is 0 Å². The van der Waals surface area contributed by atoms with Crippen molar-refractivity contribution < 1.29 is 5.48 Å². The molecule has 0 aliphatic carbocycles. The Bertz CT molecular complexity index is 558. The molecule has 1 aromatic heterocycles. The molecule has 0 bridgehead atoms. The standard InChI is InChI=1S/C11H12N2O.H2O/c1-7-3-5-9-8(11(7)12)4-6-10(14)13(9)2;/h3-6H,12H2,1-2H3;1H2. The number of nitrogens with two attached hydrogens (primary N) is 1. The first kappa shape index (κ1) is 11.3. The lowest BCUT2D eigenvalue weighted by atomic mass is 10.1. The molecule has 80 valence electrons. The predicted molar refractivity (Wildman–Crippen MR) is 62.0 cm³/mol. The van der Waals surface area contributed by atoms with E-state index in [1.54, 1.807) is 17.7 Å². The minimum atomic E-state index is -0.0132. The summed E-state index contributed by atoms with van der Waals surface area (Å²) in [5.41, 5.74) is 8.57. The zero-order valence-electron chi connectivity index (χ0n) is 8.74. The van der Waals surface area contributed by atoms with Crippen LogP contribution in [-0.4, -0.2) is 10.0 Å². The minimum Gasteiger partial charge on any atom is -0.412 e. The average molecular weight is 206 g/mol. The van der Waals surface area contributed by atoms with E-state index in [1.807, 2.05) is 19.1 Å². The summed E-state index contributed by atoms with van der Waals surface area (Å²) in [5.74, 6) is 0. The van der Waals surface area contributed by atoms with Crippen molar-refractivity contribution in [3.05, 3.63) is 40.2 Å². The van der Waals surface area contributed by atoms with Crippen LogP contribution in [0.2, 0.25) is 0 Å². The van der Waals surface area contributed by atoms with Crippen LogP contribution in [0.15, 0.2) is 29.1 Å². The molecule has 15 heavy (non-hydrogen) atoms. The van der Waals surface area contributed by atoms with E-state index in [0.717, 1.165) is 22.2 Å². The van der Waals surface area contributed by atoms with Gasteiger partial charge >= 0.3 is 0 Å². The van der Waals surface area contributed by atoms with Gasteiger partial charge in [-0.2, -0.15) is 0 Å². The second-order valence-corrected chi connectivity index (χ2v) is 3.46. The molecule has 2 aromatic rings. The van der Waals surface area contributed by atoms with Gasteiger partial charge in [0.15, 0.2) is 0 Å². The van der Waals surface area contributed by atoms with Crippen molar-refractivity contribution in [2.75, 3.05) is 5.73 Å². The Hall–Kier alpha value is -1.81. The zero-order valence-corrected chi connectivity index (χ0v) is 8.74. The number of nitrogen functional groups attached to an aromatic ring is 1. The van der Waals surface area contributed by atoms with Gasteiger partial charge in [-0.05, 0) is 24.6 Å². The van der Waals surface area contributed by atoms with E-state index in [4.69, 9.17) is 5.73 Å². The fourth-order valence-corrected chi connectivity index (χ4v) is 1.59. The maximum Gasteiger partial charge on any atom is 0.250 e. The van der Waals surface area contributed by atoms with Gasteiger partial charge in [-0.3, -0.25) is 4.79 Å². The number of nitrogens with zero attached hydrogens (tertiary/aromatic N) is 1. The quantitative estimate of drug-likeness (QED) is 0.641. The molecule has 0 atom stereocenters. The summed E-state index contributed by atoms with van der Waals surface area (Å²) in [5, 5.41) is 0.937. The third-order valence-corrected chi connectivity index (χ3v) is 2.57. The lowest BCUT2D eigenvalue weighted by Gasteiger charge is -2.08. The number of rotatable bonds is 0. The predicted octanol–water partition coefficient (Wildman–Crippen LogP) is 0.604. The zero-order chi connectivity index (χ0) is 10.3. The Kier molecular flexibility index (Phi) is 2.81. The van der Waals surface area contributed by atoms with Gasteiger partial charge in [0.05, 0.1) is 5.52 Å². The first-order chi connectivity index (χ1) is 6.61. The smallest absolute Gasteiger partial charge is 0.250 e. The van der Waals surface area contributed by atoms with Gasteiger partial charge in [-0.25, -0.2) is 0 Å². The average Bonchev–Trinajstić information content (AvgIpc) is 2.17. The Labute approximate surface area is 87.3 Å². The first-order valence-corrected chi connectivity index (χ1v) is 4.46. The van der Waals surface area contributed by atoms with Gasteiger partial charge in [0, 0.05) is 24.2 Å². The number of hydrogen-bond acceptors (Lipinski definition) is 2. The summed E-state index contributed by atoms with van der Waals surface area (Å²) in [6, 6.07) is 7.16. The molecule has 4 heteroatoms. The van der Waals surface area contributed by atoms with E-state index < -0.39 is 0 Å². The lowest BCUT2D eigenvalue weighted by Crippen LogP contribution is -2.15. The minimum absolute atomic E-state index is 0. The van der Waals surface area contributed by atoms with Crippen LogP contribution in [-0.2, 0) is 7.05 Å². The van der Waals surface area contributed by atoms with Crippen molar-refractivity contribution in [2.45, 2.75) is 6.92 Å². The van der Waals surface area contributed by atoms with E-state index in [0.29, 0.717) is 0 Å². The summed E-state index contributed by atoms with van der Waals surface area (Å²) in [6.07, 6.45) is 0. The van der Waals surface area contributed by atoms with Crippen molar-refractivity contribution in [1.82, 2.24) is 4.57 Å². The number of aryl methyl sites for hydroxylation is 2. The van der Waals surface area contributed by atoms with E-state index in [-0.39, 0.29) is 11.0 Å². The van der Waals surface area contributed by atoms with E-state index in [1.165, 1.54) is 6.07 Å². The van der Waals surface area contributed by atoms with Crippen molar-refractivity contribution in [3.8, 4) is 0 Å². The summed E-state index contributed by atoms with van der Waals surface area (Å²) < 4.78 is 1.60. The van der Waals surface area contributed by atoms with Crippen LogP contribution in [0.4, 0.5) is 5.69 Å². The van der Waals surface area contributed by atoms with E-state index in [2.05, 4.69) is 0 Å². The van der Waals surface area contributed by atoms with Crippen LogP contribution in [0.5, 0.6) is 0 Å². The van der Waals surface area contributed by atoms with Gasteiger partial charge in [0.1, 0.15) is 0 Å². The Morgan fingerprint density at radius 3 is 2.53 bits per heavy atom. The summed E-state index contributed by atoms with van der Waals surface area (Å²) >= 11 is 0. The fourth-order valence-electron chi connectivity index (χ4n) is 1.59. The van der Waals surface area contributed by atoms with Gasteiger partial charge in [0.25, 0.3) is 5.56 Å². The molecule has 0 radical (unpaired) electrons. The monoisotopic (exact) mass is 206 g/mol. The maximum absolute atomic E-state index is 11.4. The molecule has 1 heterocycles. The Balaban J connectivity index is 0.00000112. The molecular weight excluding hydrogens is 192 g/mol. The number of benzene rings is 1. The van der Waals surface area contributed by atoms with Crippen molar-refractivity contribution in [3.63, 3.8) is 0 Å². The maximum atomic E-state index is 11.4. The number of fused-ring (bicyclic) bond motifs is 1. The Morgan fingerprint density at radius 2 is 1.87 bits per heavy atom. The highest BCUT2D eigenvalue weighted by Gasteiger charge is 2.03. The van der Waals surface area contributed by atoms with Crippen LogP contribution < -0.4 is 11.3 Å². The molecule has 0 unspecified atom stereocenters. The SMILES string of the molecule is Cc1ccc2c(ccc(=O)n2C)c1N.O. The fraction of sp³-hybridized carbons (Fsp3) is 0.182. The third-order valence-electron chi connectivity index (χ3n) is 2.57. The molecule has 1 aromatic carbocycles. The number of aromatic nitrogens is 1. The Morgan fingerprint density at radius 1 is 1.20 bits per heavy atom. The van der Waals surface area contributed by atoms with Crippen molar-refractivity contribution in [2.24, 2.45) is 7.05 Å². The molecule has 0 saturated carbocycles. The number of pyridine rings is 1. The lowest BCUT2D eigenvalue weighted by molar-refractivity contribution is 0.824. The van der Waals surface area contributed by atoms with Gasteiger partial charge in [-0.1, -0.05) is 6.07 Å². The molecule has 0 fully saturated rings. The van der Waals surface area contributed by atoms with E-state index >= 15 is 0 Å². The second-order valence-electron chi connectivity index (χ2n) is 3.46. The molecule has 0 amide bonds. The normalized spacial score (nSPS) is 10.0. The second kappa shape index (κ2) is 3.74. The third kappa shape index (κ3) is 1.59. The largest absolute Gasteiger partial charge is 0.412 e. The molecule has 0 spiro atoms. The van der Waals surface area contributed by atoms with Crippen LogP contribution in [0, 0.1) is 6.92 Å². The van der Waals surface area contributed by atoms with Gasteiger partial charge in [0.2, 0.25) is 0 Å². The molecule has 4 N–H and O–H groups in total. The molecule has 0 saturated heterocycles. The van der Waals surface area contributed by atoms with Crippen molar-refractivity contribution in [1.29, 1.82) is 0 Å². The highest BCUT2D eigenvalue weighted by molar-refractivity contribution is 5.92. The van der Waals surface area contributed by atoms with Gasteiger partial charge in [-0.15, -0.1) is 0 Å². The summed E-state index contributed by atoms with van der Waals surface area (Å²) in [6.45, 7) is 1.96. The molecule has 4 nitrogen and oxygen atoms in total. The highest BCUT2D eigenvalue weighted by Crippen LogP contribution is 2.22.